The summed E-state index contributed by atoms with van der Waals surface area (Å²) in [4.78, 5) is 0. The lowest BCUT2D eigenvalue weighted by atomic mass is 9.99. The van der Waals surface area contributed by atoms with Gasteiger partial charge in [0.25, 0.3) is 0 Å². The highest BCUT2D eigenvalue weighted by atomic mass is 16.3. The molecule has 0 radical (unpaired) electrons. The molecule has 0 spiro atoms. The Labute approximate surface area is 85.8 Å². The van der Waals surface area contributed by atoms with E-state index < -0.39 is 6.10 Å². The molecule has 1 aromatic rings. The van der Waals surface area contributed by atoms with E-state index >= 15 is 0 Å². The Morgan fingerprint density at radius 1 is 1.21 bits per heavy atom. The van der Waals surface area contributed by atoms with Crippen molar-refractivity contribution in [2.24, 2.45) is 0 Å². The molecule has 0 aliphatic rings. The second kappa shape index (κ2) is 4.83. The third-order valence-electron chi connectivity index (χ3n) is 2.30. The van der Waals surface area contributed by atoms with Crippen LogP contribution in [0.15, 0.2) is 24.3 Å². The molecule has 0 bridgehead atoms. The van der Waals surface area contributed by atoms with Crippen molar-refractivity contribution in [2.75, 3.05) is 0 Å². The number of rotatable bonds is 3. The predicted molar refractivity (Wildman–Crippen MR) is 58.9 cm³/mol. The Morgan fingerprint density at radius 2 is 1.71 bits per heavy atom. The monoisotopic (exact) mass is 188 g/mol. The van der Waals surface area contributed by atoms with Gasteiger partial charge in [0.15, 0.2) is 0 Å². The quantitative estimate of drug-likeness (QED) is 0.723. The number of terminal acetylenes is 1. The molecule has 1 N–H and O–H groups in total. The smallest absolute Gasteiger partial charge is 0.0899 e. The zero-order chi connectivity index (χ0) is 10.6. The van der Waals surface area contributed by atoms with Crippen LogP contribution in [0.4, 0.5) is 0 Å². The largest absolute Gasteiger partial charge is 0.387 e. The van der Waals surface area contributed by atoms with Crippen LogP contribution in [0.2, 0.25) is 0 Å². The van der Waals surface area contributed by atoms with Gasteiger partial charge in [-0.25, -0.2) is 0 Å². The van der Waals surface area contributed by atoms with Crippen LogP contribution in [0.1, 0.15) is 43.4 Å². The molecular formula is C13H16O. The van der Waals surface area contributed by atoms with Gasteiger partial charge in [0.2, 0.25) is 0 Å². The molecule has 1 nitrogen and oxygen atoms in total. The minimum Gasteiger partial charge on any atom is -0.387 e. The third kappa shape index (κ3) is 2.61. The molecule has 0 aliphatic heterocycles. The van der Waals surface area contributed by atoms with Crippen molar-refractivity contribution in [3.05, 3.63) is 35.4 Å². The van der Waals surface area contributed by atoms with E-state index in [1.807, 2.05) is 24.3 Å². The summed E-state index contributed by atoms with van der Waals surface area (Å²) in [5.41, 5.74) is 2.18. The first-order chi connectivity index (χ1) is 6.65. The molecular weight excluding hydrogens is 172 g/mol. The fourth-order valence-electron chi connectivity index (χ4n) is 1.33. The van der Waals surface area contributed by atoms with Crippen LogP contribution in [-0.2, 0) is 0 Å². The molecule has 0 heterocycles. The zero-order valence-electron chi connectivity index (χ0n) is 8.70. The molecule has 0 aromatic heterocycles. The summed E-state index contributed by atoms with van der Waals surface area (Å²) >= 11 is 0. The van der Waals surface area contributed by atoms with Crippen LogP contribution >= 0.6 is 0 Å². The van der Waals surface area contributed by atoms with Crippen molar-refractivity contribution in [2.45, 2.75) is 32.3 Å². The lowest BCUT2D eigenvalue weighted by Gasteiger charge is -2.10. The third-order valence-corrected chi connectivity index (χ3v) is 2.30. The Balaban J connectivity index is 2.78. The average molecular weight is 188 g/mol. The molecule has 74 valence electrons. The zero-order valence-corrected chi connectivity index (χ0v) is 8.70. The van der Waals surface area contributed by atoms with Crippen LogP contribution in [0.3, 0.4) is 0 Å². The number of benzene rings is 1. The SMILES string of the molecule is C#CC[C@@H](O)c1ccc(C(C)C)cc1. The molecule has 0 amide bonds. The van der Waals surface area contributed by atoms with Gasteiger partial charge in [-0.1, -0.05) is 38.1 Å². The summed E-state index contributed by atoms with van der Waals surface area (Å²) in [6, 6.07) is 7.97. The highest BCUT2D eigenvalue weighted by Crippen LogP contribution is 2.20. The van der Waals surface area contributed by atoms with Gasteiger partial charge in [-0.15, -0.1) is 12.3 Å². The van der Waals surface area contributed by atoms with Gasteiger partial charge in [0, 0.05) is 6.42 Å². The molecule has 0 saturated heterocycles. The fraction of sp³-hybridized carbons (Fsp3) is 0.385. The van der Waals surface area contributed by atoms with E-state index in [9.17, 15) is 5.11 Å². The van der Waals surface area contributed by atoms with Gasteiger partial charge in [-0.05, 0) is 17.0 Å². The topological polar surface area (TPSA) is 20.2 Å². The molecule has 1 atom stereocenters. The first kappa shape index (κ1) is 10.8. The van der Waals surface area contributed by atoms with E-state index in [0.29, 0.717) is 12.3 Å². The molecule has 0 unspecified atom stereocenters. The van der Waals surface area contributed by atoms with E-state index in [4.69, 9.17) is 6.42 Å². The number of hydrogen-bond acceptors (Lipinski definition) is 1. The standard InChI is InChI=1S/C13H16O/c1-4-5-13(14)12-8-6-11(7-9-12)10(2)3/h1,6-10,13-14H,5H2,2-3H3/t13-/m1/s1. The second-order valence-corrected chi connectivity index (χ2v) is 3.75. The van der Waals surface area contributed by atoms with Crippen molar-refractivity contribution in [3.8, 4) is 12.3 Å². The normalized spacial score (nSPS) is 12.5. The number of aliphatic hydroxyl groups is 1. The van der Waals surface area contributed by atoms with E-state index in [-0.39, 0.29) is 0 Å². The second-order valence-electron chi connectivity index (χ2n) is 3.75. The Hall–Kier alpha value is -1.26. The Kier molecular flexibility index (Phi) is 3.73. The maximum Gasteiger partial charge on any atom is 0.0899 e. The summed E-state index contributed by atoms with van der Waals surface area (Å²) in [5, 5.41) is 9.61. The molecule has 0 saturated carbocycles. The molecule has 1 rings (SSSR count). The van der Waals surface area contributed by atoms with Gasteiger partial charge < -0.3 is 5.11 Å². The van der Waals surface area contributed by atoms with Crippen molar-refractivity contribution in [1.29, 1.82) is 0 Å². The lowest BCUT2D eigenvalue weighted by Crippen LogP contribution is -1.96. The first-order valence-electron chi connectivity index (χ1n) is 4.86. The average Bonchev–Trinajstić information content (AvgIpc) is 2.18. The van der Waals surface area contributed by atoms with Crippen LogP contribution < -0.4 is 0 Å². The molecule has 1 heteroatoms. The van der Waals surface area contributed by atoms with Gasteiger partial charge in [-0.3, -0.25) is 0 Å². The minimum atomic E-state index is -0.527. The van der Waals surface area contributed by atoms with Crippen molar-refractivity contribution in [1.82, 2.24) is 0 Å². The Bertz CT molecular complexity index is 316. The number of aliphatic hydroxyl groups excluding tert-OH is 1. The number of hydrogen-bond donors (Lipinski definition) is 1. The van der Waals surface area contributed by atoms with E-state index in [1.54, 1.807) is 0 Å². The highest BCUT2D eigenvalue weighted by molar-refractivity contribution is 5.26. The fourth-order valence-corrected chi connectivity index (χ4v) is 1.33. The van der Waals surface area contributed by atoms with Crippen molar-refractivity contribution >= 4 is 0 Å². The lowest BCUT2D eigenvalue weighted by molar-refractivity contribution is 0.184. The van der Waals surface area contributed by atoms with Gasteiger partial charge in [-0.2, -0.15) is 0 Å². The Morgan fingerprint density at radius 3 is 2.14 bits per heavy atom. The van der Waals surface area contributed by atoms with Crippen LogP contribution in [0, 0.1) is 12.3 Å². The summed E-state index contributed by atoms with van der Waals surface area (Å²) in [7, 11) is 0. The molecule has 14 heavy (non-hydrogen) atoms. The molecule has 0 fully saturated rings. The van der Waals surface area contributed by atoms with E-state index in [0.717, 1.165) is 5.56 Å². The molecule has 1 aromatic carbocycles. The summed E-state index contributed by atoms with van der Waals surface area (Å²) in [6.45, 7) is 4.29. The maximum atomic E-state index is 9.61. The van der Waals surface area contributed by atoms with Gasteiger partial charge >= 0.3 is 0 Å². The van der Waals surface area contributed by atoms with Crippen LogP contribution in [0.5, 0.6) is 0 Å². The van der Waals surface area contributed by atoms with Crippen molar-refractivity contribution in [3.63, 3.8) is 0 Å². The van der Waals surface area contributed by atoms with Crippen molar-refractivity contribution < 1.29 is 5.11 Å². The minimum absolute atomic E-state index is 0.376. The summed E-state index contributed by atoms with van der Waals surface area (Å²) in [5.74, 6) is 2.98. The van der Waals surface area contributed by atoms with E-state index in [2.05, 4.69) is 19.8 Å². The van der Waals surface area contributed by atoms with Gasteiger partial charge in [0.1, 0.15) is 0 Å². The predicted octanol–water partition coefficient (Wildman–Crippen LogP) is 2.87. The van der Waals surface area contributed by atoms with E-state index in [1.165, 1.54) is 5.56 Å². The molecule has 0 aliphatic carbocycles. The van der Waals surface area contributed by atoms with Crippen LogP contribution in [0.25, 0.3) is 0 Å². The first-order valence-corrected chi connectivity index (χ1v) is 4.86. The highest BCUT2D eigenvalue weighted by Gasteiger charge is 2.05. The summed E-state index contributed by atoms with van der Waals surface area (Å²) in [6.07, 6.45) is 4.98. The summed E-state index contributed by atoms with van der Waals surface area (Å²) < 4.78 is 0. The van der Waals surface area contributed by atoms with Gasteiger partial charge in [0.05, 0.1) is 6.10 Å². The van der Waals surface area contributed by atoms with Crippen LogP contribution in [-0.4, -0.2) is 5.11 Å². The maximum absolute atomic E-state index is 9.61.